The molecule has 0 aromatic heterocycles. The Morgan fingerprint density at radius 2 is 1.39 bits per heavy atom. The SMILES string of the molecule is O=C(Oc1ccc([N+](=O)[O-])cc1)OC(CCCCCCO)CCCCCCO. The zero-order valence-electron chi connectivity index (χ0n) is 16.3. The number of benzene rings is 1. The smallest absolute Gasteiger partial charge is 0.431 e. The van der Waals surface area contributed by atoms with Crippen LogP contribution in [0.2, 0.25) is 0 Å². The van der Waals surface area contributed by atoms with Crippen LogP contribution in [0, 0.1) is 10.1 Å². The van der Waals surface area contributed by atoms with Crippen LogP contribution in [0.4, 0.5) is 10.5 Å². The summed E-state index contributed by atoms with van der Waals surface area (Å²) >= 11 is 0. The molecule has 0 unspecified atom stereocenters. The van der Waals surface area contributed by atoms with Crippen LogP contribution < -0.4 is 4.74 Å². The molecular formula is C20H31NO7. The lowest BCUT2D eigenvalue weighted by molar-refractivity contribution is -0.384. The minimum Gasteiger partial charge on any atom is -0.431 e. The van der Waals surface area contributed by atoms with Gasteiger partial charge in [0.1, 0.15) is 11.9 Å². The third-order valence-electron chi connectivity index (χ3n) is 4.38. The van der Waals surface area contributed by atoms with Gasteiger partial charge in [-0.1, -0.05) is 25.7 Å². The second-order valence-corrected chi connectivity index (χ2v) is 6.70. The second-order valence-electron chi connectivity index (χ2n) is 6.70. The number of carbonyl (C=O) groups excluding carboxylic acids is 1. The predicted molar refractivity (Wildman–Crippen MR) is 104 cm³/mol. The van der Waals surface area contributed by atoms with Crippen molar-refractivity contribution in [1.82, 2.24) is 0 Å². The summed E-state index contributed by atoms with van der Waals surface area (Å²) in [7, 11) is 0. The van der Waals surface area contributed by atoms with E-state index in [-0.39, 0.29) is 30.8 Å². The third kappa shape index (κ3) is 10.8. The number of carbonyl (C=O) groups is 1. The van der Waals surface area contributed by atoms with E-state index in [2.05, 4.69) is 0 Å². The Bertz CT molecular complexity index is 548. The highest BCUT2D eigenvalue weighted by molar-refractivity contribution is 5.64. The standard InChI is InChI=1S/C20H31NO7/c22-15-7-3-1-5-9-18(10-6-2-4-8-16-23)27-20(24)28-19-13-11-17(12-14-19)21(25)26/h11-14,18,22-23H,1-10,15-16H2. The Morgan fingerprint density at radius 1 is 0.893 bits per heavy atom. The molecule has 0 aliphatic carbocycles. The molecule has 0 atom stereocenters. The minimum absolute atomic E-state index is 0.0793. The molecule has 0 fully saturated rings. The van der Waals surface area contributed by atoms with Crippen molar-refractivity contribution >= 4 is 11.8 Å². The lowest BCUT2D eigenvalue weighted by Gasteiger charge is -2.17. The number of rotatable bonds is 15. The minimum atomic E-state index is -0.815. The molecule has 0 bridgehead atoms. The third-order valence-corrected chi connectivity index (χ3v) is 4.38. The maximum Gasteiger partial charge on any atom is 0.514 e. The zero-order valence-corrected chi connectivity index (χ0v) is 16.3. The summed E-state index contributed by atoms with van der Waals surface area (Å²) in [6, 6.07) is 5.25. The number of nitro benzene ring substituents is 1. The van der Waals surface area contributed by atoms with E-state index in [0.29, 0.717) is 0 Å². The van der Waals surface area contributed by atoms with Gasteiger partial charge >= 0.3 is 6.16 Å². The summed E-state index contributed by atoms with van der Waals surface area (Å²) < 4.78 is 10.6. The molecule has 0 amide bonds. The van der Waals surface area contributed by atoms with Crippen molar-refractivity contribution in [2.75, 3.05) is 13.2 Å². The fourth-order valence-corrected chi connectivity index (χ4v) is 2.83. The van der Waals surface area contributed by atoms with Gasteiger partial charge in [0.25, 0.3) is 5.69 Å². The monoisotopic (exact) mass is 397 g/mol. The normalized spacial score (nSPS) is 10.8. The van der Waals surface area contributed by atoms with E-state index >= 15 is 0 Å². The summed E-state index contributed by atoms with van der Waals surface area (Å²) in [6.45, 7) is 0.374. The molecule has 2 N–H and O–H groups in total. The number of hydrogen-bond donors (Lipinski definition) is 2. The van der Waals surface area contributed by atoms with Crippen LogP contribution in [-0.4, -0.2) is 40.6 Å². The van der Waals surface area contributed by atoms with Gasteiger partial charge in [0, 0.05) is 25.3 Å². The average Bonchev–Trinajstić information content (AvgIpc) is 2.67. The molecule has 1 aromatic carbocycles. The number of nitro groups is 1. The Balaban J connectivity index is 2.46. The maximum absolute atomic E-state index is 12.1. The van der Waals surface area contributed by atoms with Crippen LogP contribution in [-0.2, 0) is 4.74 Å². The predicted octanol–water partition coefficient (Wildman–Crippen LogP) is 4.36. The van der Waals surface area contributed by atoms with E-state index in [4.69, 9.17) is 19.7 Å². The molecule has 1 aromatic rings. The number of aliphatic hydroxyl groups is 2. The number of nitrogens with zero attached hydrogens (tertiary/aromatic N) is 1. The fourth-order valence-electron chi connectivity index (χ4n) is 2.83. The first kappa shape index (κ1) is 23.8. The Hall–Kier alpha value is -2.19. The van der Waals surface area contributed by atoms with Crippen molar-refractivity contribution in [1.29, 1.82) is 0 Å². The highest BCUT2D eigenvalue weighted by Crippen LogP contribution is 2.20. The summed E-state index contributed by atoms with van der Waals surface area (Å²) in [4.78, 5) is 22.2. The van der Waals surface area contributed by atoms with Gasteiger partial charge in [0.05, 0.1) is 4.92 Å². The number of ether oxygens (including phenoxy) is 2. The molecule has 0 aliphatic heterocycles. The van der Waals surface area contributed by atoms with Crippen molar-refractivity contribution in [2.45, 2.75) is 70.3 Å². The van der Waals surface area contributed by atoms with Gasteiger partial charge < -0.3 is 19.7 Å². The van der Waals surface area contributed by atoms with E-state index in [1.54, 1.807) is 0 Å². The van der Waals surface area contributed by atoms with E-state index in [9.17, 15) is 14.9 Å². The molecule has 8 heteroatoms. The second kappa shape index (κ2) is 14.8. The molecule has 0 spiro atoms. The van der Waals surface area contributed by atoms with Gasteiger partial charge in [0.2, 0.25) is 0 Å². The van der Waals surface area contributed by atoms with Gasteiger partial charge in [-0.25, -0.2) is 4.79 Å². The first-order chi connectivity index (χ1) is 13.6. The molecule has 1 rings (SSSR count). The van der Waals surface area contributed by atoms with Gasteiger partial charge in [0.15, 0.2) is 0 Å². The first-order valence-corrected chi connectivity index (χ1v) is 9.91. The van der Waals surface area contributed by atoms with Crippen molar-refractivity contribution in [3.63, 3.8) is 0 Å². The van der Waals surface area contributed by atoms with Crippen LogP contribution in [0.1, 0.15) is 64.2 Å². The Morgan fingerprint density at radius 3 is 1.86 bits per heavy atom. The number of aliphatic hydroxyl groups excluding tert-OH is 2. The molecule has 0 saturated heterocycles. The van der Waals surface area contributed by atoms with Gasteiger partial charge in [-0.3, -0.25) is 10.1 Å². The first-order valence-electron chi connectivity index (χ1n) is 9.91. The summed E-state index contributed by atoms with van der Waals surface area (Å²) in [5, 5.41) is 28.3. The van der Waals surface area contributed by atoms with Crippen molar-refractivity contribution in [3.8, 4) is 5.75 Å². The lowest BCUT2D eigenvalue weighted by atomic mass is 10.0. The molecule has 28 heavy (non-hydrogen) atoms. The number of unbranched alkanes of at least 4 members (excludes halogenated alkanes) is 6. The molecule has 0 radical (unpaired) electrons. The van der Waals surface area contributed by atoms with Crippen LogP contribution in [0.5, 0.6) is 5.75 Å². The summed E-state index contributed by atoms with van der Waals surface area (Å²) in [6.07, 6.45) is 7.51. The van der Waals surface area contributed by atoms with Crippen LogP contribution in [0.3, 0.4) is 0 Å². The van der Waals surface area contributed by atoms with Gasteiger partial charge in [-0.2, -0.15) is 0 Å². The summed E-state index contributed by atoms with van der Waals surface area (Å²) in [5.41, 5.74) is -0.0793. The van der Waals surface area contributed by atoms with E-state index in [1.165, 1.54) is 24.3 Å². The molecule has 8 nitrogen and oxygen atoms in total. The summed E-state index contributed by atoms with van der Waals surface area (Å²) in [5.74, 6) is 0.195. The highest BCUT2D eigenvalue weighted by atomic mass is 16.7. The van der Waals surface area contributed by atoms with Crippen LogP contribution >= 0.6 is 0 Å². The highest BCUT2D eigenvalue weighted by Gasteiger charge is 2.16. The Labute approximate surface area is 165 Å². The van der Waals surface area contributed by atoms with E-state index < -0.39 is 11.1 Å². The quantitative estimate of drug-likeness (QED) is 0.148. The average molecular weight is 397 g/mol. The van der Waals surface area contributed by atoms with E-state index in [0.717, 1.165) is 64.2 Å². The van der Waals surface area contributed by atoms with Crippen LogP contribution in [0.15, 0.2) is 24.3 Å². The Kier molecular flexibility index (Phi) is 12.6. The zero-order chi connectivity index (χ0) is 20.6. The largest absolute Gasteiger partial charge is 0.514 e. The number of hydrogen-bond acceptors (Lipinski definition) is 7. The van der Waals surface area contributed by atoms with Crippen molar-refractivity contribution in [2.24, 2.45) is 0 Å². The van der Waals surface area contributed by atoms with E-state index in [1.807, 2.05) is 0 Å². The van der Waals surface area contributed by atoms with Gasteiger partial charge in [-0.15, -0.1) is 0 Å². The fraction of sp³-hybridized carbons (Fsp3) is 0.650. The topological polar surface area (TPSA) is 119 Å². The maximum atomic E-state index is 12.1. The van der Waals surface area contributed by atoms with Crippen molar-refractivity contribution < 1.29 is 29.4 Å². The lowest BCUT2D eigenvalue weighted by Crippen LogP contribution is -2.21. The van der Waals surface area contributed by atoms with Crippen molar-refractivity contribution in [3.05, 3.63) is 34.4 Å². The van der Waals surface area contributed by atoms with Crippen LogP contribution in [0.25, 0.3) is 0 Å². The number of non-ortho nitro benzene ring substituents is 1. The van der Waals surface area contributed by atoms with Gasteiger partial charge in [-0.05, 0) is 50.7 Å². The molecule has 158 valence electrons. The molecule has 0 saturated carbocycles. The molecular weight excluding hydrogens is 366 g/mol. The molecule has 0 heterocycles. The molecule has 0 aliphatic rings.